The van der Waals surface area contributed by atoms with Gasteiger partial charge in [-0.2, -0.15) is 10.2 Å². The topological polar surface area (TPSA) is 85.7 Å². The number of carbonyl (C=O) groups is 1. The summed E-state index contributed by atoms with van der Waals surface area (Å²) in [5, 5.41) is 10.9. The Morgan fingerprint density at radius 2 is 2.16 bits per heavy atom. The molecule has 25 heavy (non-hydrogen) atoms. The maximum atomic E-state index is 12.5. The first-order valence-electron chi connectivity index (χ1n) is 8.43. The molecule has 0 saturated heterocycles. The van der Waals surface area contributed by atoms with E-state index >= 15 is 0 Å². The van der Waals surface area contributed by atoms with E-state index in [2.05, 4.69) is 20.3 Å². The molecule has 7 nitrogen and oxygen atoms in total. The summed E-state index contributed by atoms with van der Waals surface area (Å²) in [6.45, 7) is 0. The number of benzene rings is 1. The number of hydrogen-bond acceptors (Lipinski definition) is 5. The van der Waals surface area contributed by atoms with Crippen molar-refractivity contribution >= 4 is 5.97 Å². The van der Waals surface area contributed by atoms with E-state index in [-0.39, 0.29) is 18.1 Å². The molecule has 128 valence electrons. The van der Waals surface area contributed by atoms with Gasteiger partial charge in [-0.25, -0.2) is 9.78 Å². The number of rotatable bonds is 5. The summed E-state index contributed by atoms with van der Waals surface area (Å²) < 4.78 is 7.65. The number of esters is 1. The first-order chi connectivity index (χ1) is 12.3. The summed E-state index contributed by atoms with van der Waals surface area (Å²) >= 11 is 0. The summed E-state index contributed by atoms with van der Waals surface area (Å²) in [5.74, 6) is 0.513. The molecule has 1 fully saturated rings. The van der Waals surface area contributed by atoms with Crippen molar-refractivity contribution in [2.75, 3.05) is 0 Å². The van der Waals surface area contributed by atoms with Gasteiger partial charge in [0.05, 0.1) is 11.6 Å². The summed E-state index contributed by atoms with van der Waals surface area (Å²) in [4.78, 5) is 16.6. The zero-order valence-corrected chi connectivity index (χ0v) is 13.7. The van der Waals surface area contributed by atoms with E-state index in [0.29, 0.717) is 12.0 Å². The number of H-pyrrole nitrogens is 1. The van der Waals surface area contributed by atoms with Gasteiger partial charge in [0.2, 0.25) is 0 Å². The van der Waals surface area contributed by atoms with Gasteiger partial charge in [-0.3, -0.25) is 9.78 Å². The van der Waals surface area contributed by atoms with Crippen LogP contribution >= 0.6 is 0 Å². The monoisotopic (exact) mass is 337 g/mol. The van der Waals surface area contributed by atoms with Crippen molar-refractivity contribution in [1.29, 1.82) is 0 Å². The van der Waals surface area contributed by atoms with Crippen LogP contribution in [-0.4, -0.2) is 37.0 Å². The van der Waals surface area contributed by atoms with Crippen LogP contribution in [0.4, 0.5) is 0 Å². The lowest BCUT2D eigenvalue weighted by Crippen LogP contribution is -2.25. The van der Waals surface area contributed by atoms with Gasteiger partial charge in [-0.15, -0.1) is 0 Å². The van der Waals surface area contributed by atoms with Crippen LogP contribution in [-0.2, 0) is 11.2 Å². The van der Waals surface area contributed by atoms with Crippen LogP contribution in [0.15, 0.2) is 49.1 Å². The average Bonchev–Trinajstić information content (AvgIpc) is 3.38. The lowest BCUT2D eigenvalue weighted by atomic mass is 10.1. The van der Waals surface area contributed by atoms with E-state index in [4.69, 9.17) is 4.74 Å². The molecule has 2 aromatic heterocycles. The lowest BCUT2D eigenvalue weighted by molar-refractivity contribution is 0.0210. The minimum Gasteiger partial charge on any atom is -0.457 e. The molecule has 0 aliphatic heterocycles. The fraction of sp³-hybridized carbons (Fsp3) is 0.333. The Balaban J connectivity index is 1.40. The maximum absolute atomic E-state index is 12.5. The lowest BCUT2D eigenvalue weighted by Gasteiger charge is -2.20. The van der Waals surface area contributed by atoms with Gasteiger partial charge in [-0.05, 0) is 43.0 Å². The molecule has 1 aliphatic carbocycles. The minimum atomic E-state index is -0.282. The second kappa shape index (κ2) is 6.88. The molecule has 1 saturated carbocycles. The molecule has 1 aliphatic rings. The normalized spacial score (nSPS) is 19.8. The molecule has 0 radical (unpaired) electrons. The highest BCUT2D eigenvalue weighted by Gasteiger charge is 2.32. The van der Waals surface area contributed by atoms with Crippen molar-refractivity contribution in [2.24, 2.45) is 0 Å². The quantitative estimate of drug-likeness (QED) is 0.723. The Kier molecular flexibility index (Phi) is 4.28. The Morgan fingerprint density at radius 1 is 1.28 bits per heavy atom. The van der Waals surface area contributed by atoms with Crippen molar-refractivity contribution in [3.05, 3.63) is 66.0 Å². The van der Waals surface area contributed by atoms with Crippen LogP contribution in [0, 0.1) is 0 Å². The van der Waals surface area contributed by atoms with Crippen molar-refractivity contribution in [3.63, 3.8) is 0 Å². The maximum Gasteiger partial charge on any atom is 0.338 e. The molecule has 3 aromatic rings. The van der Waals surface area contributed by atoms with E-state index in [1.165, 1.54) is 6.33 Å². The fourth-order valence-electron chi connectivity index (χ4n) is 3.30. The molecule has 0 amide bonds. The molecule has 0 spiro atoms. The van der Waals surface area contributed by atoms with Crippen LogP contribution < -0.4 is 0 Å². The van der Waals surface area contributed by atoms with E-state index in [1.807, 2.05) is 29.1 Å². The highest BCUT2D eigenvalue weighted by molar-refractivity contribution is 5.89. The number of aromatic nitrogens is 5. The molecule has 2 heterocycles. The van der Waals surface area contributed by atoms with E-state index in [0.717, 1.165) is 30.7 Å². The summed E-state index contributed by atoms with van der Waals surface area (Å²) in [6.07, 6.45) is 8.59. The van der Waals surface area contributed by atoms with Crippen molar-refractivity contribution in [3.8, 4) is 0 Å². The number of carbonyl (C=O) groups excluding carboxylic acids is 1. The standard InChI is InChI=1S/C18H19N5O2/c24-18(25-16-4-1-3-15(16)23-10-2-9-21-23)14-7-5-13(6-8-14)11-17-19-12-20-22-17/h2,5-10,12,15-16H,1,3-4,11H2,(H,19,20,22)/t15-,16-/m1/s1. The van der Waals surface area contributed by atoms with Crippen molar-refractivity contribution in [2.45, 2.75) is 37.8 Å². The second-order valence-electron chi connectivity index (χ2n) is 6.23. The van der Waals surface area contributed by atoms with E-state index < -0.39 is 0 Å². The predicted octanol–water partition coefficient (Wildman–Crippen LogP) is 2.54. The van der Waals surface area contributed by atoms with Gasteiger partial charge in [0.15, 0.2) is 0 Å². The van der Waals surface area contributed by atoms with E-state index in [1.54, 1.807) is 18.3 Å². The van der Waals surface area contributed by atoms with Gasteiger partial charge in [0.1, 0.15) is 18.3 Å². The largest absolute Gasteiger partial charge is 0.457 e. The first kappa shape index (κ1) is 15.6. The molecule has 0 unspecified atom stereocenters. The van der Waals surface area contributed by atoms with Gasteiger partial charge >= 0.3 is 5.97 Å². The number of aromatic amines is 1. The number of nitrogens with zero attached hydrogens (tertiary/aromatic N) is 4. The minimum absolute atomic E-state index is 0.124. The molecule has 7 heteroatoms. The number of ether oxygens (including phenoxy) is 1. The second-order valence-corrected chi connectivity index (χ2v) is 6.23. The molecule has 2 atom stereocenters. The van der Waals surface area contributed by atoms with Gasteiger partial charge in [0, 0.05) is 18.8 Å². The highest BCUT2D eigenvalue weighted by Crippen LogP contribution is 2.32. The average molecular weight is 337 g/mol. The molecular formula is C18H19N5O2. The van der Waals surface area contributed by atoms with Crippen LogP contribution in [0.2, 0.25) is 0 Å². The smallest absolute Gasteiger partial charge is 0.338 e. The summed E-state index contributed by atoms with van der Waals surface area (Å²) in [6, 6.07) is 9.45. The number of nitrogens with one attached hydrogen (secondary N) is 1. The van der Waals surface area contributed by atoms with E-state index in [9.17, 15) is 4.79 Å². The molecular weight excluding hydrogens is 318 g/mol. The fourth-order valence-corrected chi connectivity index (χ4v) is 3.30. The van der Waals surface area contributed by atoms with Gasteiger partial charge in [0.25, 0.3) is 0 Å². The zero-order valence-electron chi connectivity index (χ0n) is 13.7. The zero-order chi connectivity index (χ0) is 17.1. The molecule has 1 N–H and O–H groups in total. The molecule has 0 bridgehead atoms. The third-order valence-electron chi connectivity index (χ3n) is 4.57. The first-order valence-corrected chi connectivity index (χ1v) is 8.43. The van der Waals surface area contributed by atoms with Crippen LogP contribution in [0.25, 0.3) is 0 Å². The third kappa shape index (κ3) is 3.45. The Labute approximate surface area is 145 Å². The summed E-state index contributed by atoms with van der Waals surface area (Å²) in [5.41, 5.74) is 1.62. The molecule has 4 rings (SSSR count). The third-order valence-corrected chi connectivity index (χ3v) is 4.57. The number of hydrogen-bond donors (Lipinski definition) is 1. The van der Waals surface area contributed by atoms with Crippen LogP contribution in [0.3, 0.4) is 0 Å². The highest BCUT2D eigenvalue weighted by atomic mass is 16.5. The predicted molar refractivity (Wildman–Crippen MR) is 89.9 cm³/mol. The van der Waals surface area contributed by atoms with Crippen LogP contribution in [0.5, 0.6) is 0 Å². The molecule has 1 aromatic carbocycles. The van der Waals surface area contributed by atoms with Crippen LogP contribution in [0.1, 0.15) is 47.1 Å². The van der Waals surface area contributed by atoms with Gasteiger partial charge in [-0.1, -0.05) is 12.1 Å². The Hall–Kier alpha value is -2.96. The Morgan fingerprint density at radius 3 is 2.88 bits per heavy atom. The van der Waals surface area contributed by atoms with Crippen molar-refractivity contribution < 1.29 is 9.53 Å². The van der Waals surface area contributed by atoms with Gasteiger partial charge < -0.3 is 4.74 Å². The Bertz CT molecular complexity index is 812. The SMILES string of the molecule is O=C(O[C@@H]1CCC[C@H]1n1cccn1)c1ccc(Cc2ncn[nH]2)cc1. The summed E-state index contributed by atoms with van der Waals surface area (Å²) in [7, 11) is 0. The van der Waals surface area contributed by atoms with Crippen molar-refractivity contribution in [1.82, 2.24) is 25.0 Å².